The number of aromatic amines is 1. The van der Waals surface area contributed by atoms with Crippen LogP contribution in [0.3, 0.4) is 0 Å². The molecule has 0 amide bonds. The molecule has 0 spiro atoms. The van der Waals surface area contributed by atoms with Crippen LogP contribution in [0.5, 0.6) is 0 Å². The van der Waals surface area contributed by atoms with Crippen LogP contribution in [0.1, 0.15) is 11.6 Å². The van der Waals surface area contributed by atoms with Crippen molar-refractivity contribution < 1.29 is 13.2 Å². The van der Waals surface area contributed by atoms with E-state index in [4.69, 9.17) is 5.73 Å². The highest BCUT2D eigenvalue weighted by atomic mass is 19.4. The molecule has 3 nitrogen and oxygen atoms in total. The highest BCUT2D eigenvalue weighted by Gasteiger charge is 2.38. The van der Waals surface area contributed by atoms with Crippen molar-refractivity contribution in [1.82, 2.24) is 9.97 Å². The molecule has 80 valence electrons. The Balaban J connectivity index is 2.44. The quantitative estimate of drug-likeness (QED) is 0.765. The zero-order valence-electron chi connectivity index (χ0n) is 7.55. The molecule has 0 radical (unpaired) electrons. The minimum atomic E-state index is -4.44. The number of rotatable bonds is 1. The van der Waals surface area contributed by atoms with Crippen molar-refractivity contribution in [3.63, 3.8) is 0 Å². The van der Waals surface area contributed by atoms with Crippen molar-refractivity contribution in [2.75, 3.05) is 0 Å². The zero-order chi connectivity index (χ0) is 11.1. The third kappa shape index (κ3) is 1.80. The molecular weight excluding hydrogens is 207 g/mol. The Kier molecular flexibility index (Phi) is 2.15. The van der Waals surface area contributed by atoms with E-state index in [1.807, 2.05) is 0 Å². The average molecular weight is 215 g/mol. The van der Waals surface area contributed by atoms with E-state index in [1.165, 1.54) is 6.07 Å². The first-order valence-electron chi connectivity index (χ1n) is 4.24. The minimum Gasteiger partial charge on any atom is -0.346 e. The molecule has 0 fully saturated rings. The van der Waals surface area contributed by atoms with Crippen LogP contribution in [0.4, 0.5) is 13.2 Å². The van der Waals surface area contributed by atoms with Crippen molar-refractivity contribution in [2.45, 2.75) is 12.2 Å². The maximum absolute atomic E-state index is 12.3. The molecule has 0 unspecified atom stereocenters. The van der Waals surface area contributed by atoms with Crippen molar-refractivity contribution in [3.05, 3.63) is 30.1 Å². The van der Waals surface area contributed by atoms with Gasteiger partial charge in [0.15, 0.2) is 0 Å². The molecule has 1 atom stereocenters. The summed E-state index contributed by atoms with van der Waals surface area (Å²) in [6, 6.07) is 1.05. The summed E-state index contributed by atoms with van der Waals surface area (Å²) in [6.45, 7) is 0. The van der Waals surface area contributed by atoms with Crippen molar-refractivity contribution in [1.29, 1.82) is 0 Å². The standard InChI is InChI=1S/C9H8F3N3/c10-9(11,12)7(13)6-3-5-1-2-14-8(5)15-4-6/h1-4,7H,13H2,(H,14,15)/t7-/m0/s1. The van der Waals surface area contributed by atoms with Crippen LogP contribution in [0.15, 0.2) is 24.5 Å². The smallest absolute Gasteiger partial charge is 0.346 e. The molecule has 6 heteroatoms. The van der Waals surface area contributed by atoms with Crippen LogP contribution < -0.4 is 5.73 Å². The van der Waals surface area contributed by atoms with Gasteiger partial charge in [-0.25, -0.2) is 4.98 Å². The van der Waals surface area contributed by atoms with Gasteiger partial charge in [0.1, 0.15) is 11.7 Å². The summed E-state index contributed by atoms with van der Waals surface area (Å²) in [5.74, 6) is 0. The third-order valence-corrected chi connectivity index (χ3v) is 2.13. The second kappa shape index (κ2) is 3.23. The number of nitrogens with two attached hydrogens (primary N) is 1. The van der Waals surface area contributed by atoms with Gasteiger partial charge in [-0.1, -0.05) is 0 Å². The van der Waals surface area contributed by atoms with E-state index in [-0.39, 0.29) is 5.56 Å². The van der Waals surface area contributed by atoms with Crippen LogP contribution in [0.2, 0.25) is 0 Å². The van der Waals surface area contributed by atoms with Gasteiger partial charge >= 0.3 is 6.18 Å². The fraction of sp³-hybridized carbons (Fsp3) is 0.222. The van der Waals surface area contributed by atoms with E-state index in [1.54, 1.807) is 12.3 Å². The first-order chi connectivity index (χ1) is 6.98. The summed E-state index contributed by atoms with van der Waals surface area (Å²) < 4.78 is 36.9. The van der Waals surface area contributed by atoms with Gasteiger partial charge in [0.25, 0.3) is 0 Å². The van der Waals surface area contributed by atoms with E-state index in [2.05, 4.69) is 9.97 Å². The zero-order valence-corrected chi connectivity index (χ0v) is 7.55. The maximum atomic E-state index is 12.3. The Hall–Kier alpha value is -1.56. The highest BCUT2D eigenvalue weighted by Crippen LogP contribution is 2.30. The fourth-order valence-electron chi connectivity index (χ4n) is 1.32. The Morgan fingerprint density at radius 1 is 1.40 bits per heavy atom. The Labute approximate surface area is 83.1 Å². The molecule has 2 rings (SSSR count). The summed E-state index contributed by atoms with van der Waals surface area (Å²) in [6.07, 6.45) is -1.69. The molecule has 0 bridgehead atoms. The number of fused-ring (bicyclic) bond motifs is 1. The molecule has 0 aliphatic rings. The Morgan fingerprint density at radius 3 is 2.80 bits per heavy atom. The van der Waals surface area contributed by atoms with E-state index < -0.39 is 12.2 Å². The summed E-state index contributed by atoms with van der Waals surface area (Å²) >= 11 is 0. The van der Waals surface area contributed by atoms with Crippen LogP contribution >= 0.6 is 0 Å². The van der Waals surface area contributed by atoms with Gasteiger partial charge in [-0.3, -0.25) is 0 Å². The maximum Gasteiger partial charge on any atom is 0.407 e. The number of nitrogens with zero attached hydrogens (tertiary/aromatic N) is 1. The SMILES string of the molecule is N[C@@H](c1cnc2[nH]ccc2c1)C(F)(F)F. The number of pyridine rings is 1. The predicted molar refractivity (Wildman–Crippen MR) is 49.1 cm³/mol. The topological polar surface area (TPSA) is 54.7 Å². The van der Waals surface area contributed by atoms with Crippen LogP contribution in [0.25, 0.3) is 11.0 Å². The first-order valence-corrected chi connectivity index (χ1v) is 4.24. The van der Waals surface area contributed by atoms with Crippen molar-refractivity contribution in [2.24, 2.45) is 5.73 Å². The van der Waals surface area contributed by atoms with Crippen LogP contribution in [-0.2, 0) is 0 Å². The predicted octanol–water partition coefficient (Wildman–Crippen LogP) is 2.12. The monoisotopic (exact) mass is 215 g/mol. The second-order valence-corrected chi connectivity index (χ2v) is 3.20. The number of hydrogen-bond acceptors (Lipinski definition) is 2. The number of nitrogens with one attached hydrogen (secondary N) is 1. The number of aromatic nitrogens is 2. The van der Waals surface area contributed by atoms with Gasteiger partial charge in [0.05, 0.1) is 0 Å². The van der Waals surface area contributed by atoms with E-state index in [0.29, 0.717) is 11.0 Å². The van der Waals surface area contributed by atoms with Crippen molar-refractivity contribution >= 4 is 11.0 Å². The number of H-pyrrole nitrogens is 1. The molecule has 0 aliphatic carbocycles. The Bertz CT molecular complexity index is 475. The second-order valence-electron chi connectivity index (χ2n) is 3.20. The summed E-state index contributed by atoms with van der Waals surface area (Å²) in [5.41, 5.74) is 5.57. The van der Waals surface area contributed by atoms with E-state index in [0.717, 1.165) is 6.20 Å². The van der Waals surface area contributed by atoms with Gasteiger partial charge in [-0.05, 0) is 17.7 Å². The Morgan fingerprint density at radius 2 is 2.13 bits per heavy atom. The van der Waals surface area contributed by atoms with Crippen molar-refractivity contribution in [3.8, 4) is 0 Å². The van der Waals surface area contributed by atoms with E-state index >= 15 is 0 Å². The van der Waals surface area contributed by atoms with Gasteiger partial charge in [0.2, 0.25) is 0 Å². The summed E-state index contributed by atoms with van der Waals surface area (Å²) in [7, 11) is 0. The first kappa shape index (κ1) is 9.97. The molecule has 2 aromatic rings. The molecule has 2 aromatic heterocycles. The lowest BCUT2D eigenvalue weighted by molar-refractivity contribution is -0.149. The lowest BCUT2D eigenvalue weighted by atomic mass is 10.1. The van der Waals surface area contributed by atoms with Crippen LogP contribution in [-0.4, -0.2) is 16.1 Å². The lowest BCUT2D eigenvalue weighted by Gasteiger charge is -2.15. The van der Waals surface area contributed by atoms with E-state index in [9.17, 15) is 13.2 Å². The fourth-order valence-corrected chi connectivity index (χ4v) is 1.32. The van der Waals surface area contributed by atoms with Gasteiger partial charge < -0.3 is 10.7 Å². The minimum absolute atomic E-state index is 0.0328. The number of hydrogen-bond donors (Lipinski definition) is 2. The average Bonchev–Trinajstić information content (AvgIpc) is 2.61. The van der Waals surface area contributed by atoms with Gasteiger partial charge in [-0.2, -0.15) is 13.2 Å². The highest BCUT2D eigenvalue weighted by molar-refractivity contribution is 5.75. The largest absolute Gasteiger partial charge is 0.407 e. The van der Waals surface area contributed by atoms with Gasteiger partial charge in [0, 0.05) is 17.8 Å². The summed E-state index contributed by atoms with van der Waals surface area (Å²) in [5, 5.41) is 0.618. The molecule has 15 heavy (non-hydrogen) atoms. The lowest BCUT2D eigenvalue weighted by Crippen LogP contribution is -2.28. The molecule has 0 saturated carbocycles. The molecule has 2 heterocycles. The molecule has 0 aliphatic heterocycles. The number of alkyl halides is 3. The molecule has 0 aromatic carbocycles. The summed E-state index contributed by atoms with van der Waals surface area (Å²) in [4.78, 5) is 6.63. The third-order valence-electron chi connectivity index (χ3n) is 2.13. The molecule has 0 saturated heterocycles. The normalized spacial score (nSPS) is 14.4. The number of halogens is 3. The van der Waals surface area contributed by atoms with Gasteiger partial charge in [-0.15, -0.1) is 0 Å². The van der Waals surface area contributed by atoms with Crippen LogP contribution in [0, 0.1) is 0 Å². The molecular formula is C9H8F3N3. The molecule has 3 N–H and O–H groups in total.